The Morgan fingerprint density at radius 3 is 2.43 bits per heavy atom. The summed E-state index contributed by atoms with van der Waals surface area (Å²) in [6.45, 7) is 2.07. The zero-order chi connectivity index (χ0) is 15.4. The van der Waals surface area contributed by atoms with Gasteiger partial charge in [0.15, 0.2) is 0 Å². The summed E-state index contributed by atoms with van der Waals surface area (Å²) >= 11 is 15.5. The average molecular weight is 389 g/mol. The lowest BCUT2D eigenvalue weighted by Gasteiger charge is -2.15. The van der Waals surface area contributed by atoms with Crippen LogP contribution in [0.25, 0.3) is 0 Å². The van der Waals surface area contributed by atoms with Crippen molar-refractivity contribution in [2.45, 2.75) is 25.8 Å². The largest absolute Gasteiger partial charge is 0.457 e. The second-order valence-electron chi connectivity index (χ2n) is 4.83. The van der Waals surface area contributed by atoms with E-state index in [0.29, 0.717) is 15.8 Å². The molecule has 2 aromatic rings. The van der Waals surface area contributed by atoms with E-state index in [2.05, 4.69) is 22.9 Å². The molecule has 5 heteroatoms. The highest BCUT2D eigenvalue weighted by atomic mass is 79.9. The number of benzene rings is 2. The van der Waals surface area contributed by atoms with Crippen molar-refractivity contribution >= 4 is 39.1 Å². The average Bonchev–Trinajstić information content (AvgIpc) is 2.40. The molecule has 0 aliphatic carbocycles. The fourth-order valence-corrected chi connectivity index (χ4v) is 2.78. The molecule has 0 bridgehead atoms. The lowest BCUT2D eigenvalue weighted by molar-refractivity contribution is 0.472. The van der Waals surface area contributed by atoms with Crippen LogP contribution in [0.3, 0.4) is 0 Å². The molecule has 0 amide bonds. The molecule has 112 valence electrons. The third-order valence-corrected chi connectivity index (χ3v) is 4.03. The maximum absolute atomic E-state index is 6.04. The number of nitrogens with two attached hydrogens (primary N) is 1. The normalized spacial score (nSPS) is 12.2. The van der Waals surface area contributed by atoms with Crippen LogP contribution in [-0.4, -0.2) is 6.04 Å². The first kappa shape index (κ1) is 16.6. The van der Waals surface area contributed by atoms with Gasteiger partial charge in [0, 0.05) is 20.6 Å². The van der Waals surface area contributed by atoms with E-state index in [1.165, 1.54) is 0 Å². The van der Waals surface area contributed by atoms with Crippen molar-refractivity contribution < 1.29 is 4.74 Å². The van der Waals surface area contributed by atoms with Crippen molar-refractivity contribution in [2.24, 2.45) is 5.73 Å². The van der Waals surface area contributed by atoms with Gasteiger partial charge in [-0.25, -0.2) is 0 Å². The predicted octanol–water partition coefficient (Wildman–Crippen LogP) is 5.83. The van der Waals surface area contributed by atoms with E-state index in [9.17, 15) is 0 Å². The summed E-state index contributed by atoms with van der Waals surface area (Å²) in [4.78, 5) is 0. The molecule has 0 aromatic heterocycles. The summed E-state index contributed by atoms with van der Waals surface area (Å²) in [7, 11) is 0. The quantitative estimate of drug-likeness (QED) is 0.699. The van der Waals surface area contributed by atoms with Gasteiger partial charge in [-0.2, -0.15) is 0 Å². The first-order valence-corrected chi connectivity index (χ1v) is 8.20. The minimum Gasteiger partial charge on any atom is -0.457 e. The molecule has 0 radical (unpaired) electrons. The summed E-state index contributed by atoms with van der Waals surface area (Å²) in [6, 6.07) is 11.2. The number of hydrogen-bond donors (Lipinski definition) is 1. The molecule has 2 rings (SSSR count). The monoisotopic (exact) mass is 387 g/mol. The number of halogens is 3. The SMILES string of the molecule is CCC(N)Cc1ccc(Br)cc1Oc1cc(Cl)cc(Cl)c1. The van der Waals surface area contributed by atoms with Gasteiger partial charge < -0.3 is 10.5 Å². The molecule has 0 aliphatic heterocycles. The Balaban J connectivity index is 2.31. The number of rotatable bonds is 5. The molecule has 0 fully saturated rings. The molecule has 0 aliphatic rings. The third kappa shape index (κ3) is 4.89. The van der Waals surface area contributed by atoms with Gasteiger partial charge in [0.25, 0.3) is 0 Å². The van der Waals surface area contributed by atoms with Gasteiger partial charge in [-0.15, -0.1) is 0 Å². The Bertz CT molecular complexity index is 613. The Morgan fingerprint density at radius 2 is 1.81 bits per heavy atom. The summed E-state index contributed by atoms with van der Waals surface area (Å²) in [5.74, 6) is 1.36. The fourth-order valence-electron chi connectivity index (χ4n) is 1.93. The van der Waals surface area contributed by atoms with E-state index in [4.69, 9.17) is 33.7 Å². The van der Waals surface area contributed by atoms with Crippen molar-refractivity contribution in [1.82, 2.24) is 0 Å². The Kier molecular flexibility index (Phi) is 5.94. The molecular weight excluding hydrogens is 373 g/mol. The van der Waals surface area contributed by atoms with Gasteiger partial charge in [-0.05, 0) is 48.7 Å². The third-order valence-electron chi connectivity index (χ3n) is 3.10. The molecule has 0 heterocycles. The number of hydrogen-bond acceptors (Lipinski definition) is 2. The van der Waals surface area contributed by atoms with Gasteiger partial charge in [0.05, 0.1) is 0 Å². The van der Waals surface area contributed by atoms with E-state index in [1.54, 1.807) is 18.2 Å². The van der Waals surface area contributed by atoms with E-state index in [1.807, 2.05) is 18.2 Å². The number of ether oxygens (including phenoxy) is 1. The standard InChI is InChI=1S/C16H16BrCl2NO/c1-2-14(20)5-10-3-4-11(17)6-16(10)21-15-8-12(18)7-13(19)9-15/h3-4,6-9,14H,2,5,20H2,1H3. The minimum absolute atomic E-state index is 0.108. The molecule has 2 nitrogen and oxygen atoms in total. The van der Waals surface area contributed by atoms with Crippen LogP contribution in [0.1, 0.15) is 18.9 Å². The maximum Gasteiger partial charge on any atom is 0.131 e. The van der Waals surface area contributed by atoms with Crippen LogP contribution in [0.15, 0.2) is 40.9 Å². The second-order valence-corrected chi connectivity index (χ2v) is 6.62. The van der Waals surface area contributed by atoms with Crippen molar-refractivity contribution in [3.63, 3.8) is 0 Å². The van der Waals surface area contributed by atoms with Gasteiger partial charge >= 0.3 is 0 Å². The molecule has 2 aromatic carbocycles. The first-order chi connectivity index (χ1) is 9.97. The highest BCUT2D eigenvalue weighted by Gasteiger charge is 2.10. The summed E-state index contributed by atoms with van der Waals surface area (Å²) in [5.41, 5.74) is 7.10. The minimum atomic E-state index is 0.108. The van der Waals surface area contributed by atoms with Gasteiger partial charge in [0.1, 0.15) is 11.5 Å². The zero-order valence-electron chi connectivity index (χ0n) is 11.6. The molecule has 0 saturated carbocycles. The van der Waals surface area contributed by atoms with Crippen LogP contribution in [0.4, 0.5) is 0 Å². The summed E-state index contributed by atoms with van der Waals surface area (Å²) in [5, 5.41) is 1.08. The second kappa shape index (κ2) is 7.50. The lowest BCUT2D eigenvalue weighted by atomic mass is 10.0. The molecule has 1 atom stereocenters. The van der Waals surface area contributed by atoms with Crippen molar-refractivity contribution in [3.05, 3.63) is 56.5 Å². The fraction of sp³-hybridized carbons (Fsp3) is 0.250. The summed E-state index contributed by atoms with van der Waals surface area (Å²) in [6.07, 6.45) is 1.67. The highest BCUT2D eigenvalue weighted by Crippen LogP contribution is 2.32. The Labute approximate surface area is 143 Å². The van der Waals surface area contributed by atoms with Gasteiger partial charge in [-0.3, -0.25) is 0 Å². The molecule has 0 spiro atoms. The summed E-state index contributed by atoms with van der Waals surface area (Å²) < 4.78 is 6.89. The van der Waals surface area contributed by atoms with Crippen LogP contribution < -0.4 is 10.5 Å². The molecule has 0 saturated heterocycles. The molecule has 2 N–H and O–H groups in total. The predicted molar refractivity (Wildman–Crippen MR) is 92.6 cm³/mol. The molecule has 21 heavy (non-hydrogen) atoms. The smallest absolute Gasteiger partial charge is 0.131 e. The van der Waals surface area contributed by atoms with E-state index in [0.717, 1.165) is 28.6 Å². The van der Waals surface area contributed by atoms with E-state index < -0.39 is 0 Å². The zero-order valence-corrected chi connectivity index (χ0v) is 14.7. The van der Waals surface area contributed by atoms with Crippen molar-refractivity contribution in [1.29, 1.82) is 0 Å². The van der Waals surface area contributed by atoms with Crippen molar-refractivity contribution in [2.75, 3.05) is 0 Å². The van der Waals surface area contributed by atoms with Crippen LogP contribution in [0, 0.1) is 0 Å². The first-order valence-electron chi connectivity index (χ1n) is 6.66. The Hall–Kier alpha value is -0.740. The van der Waals surface area contributed by atoms with Crippen LogP contribution >= 0.6 is 39.1 Å². The van der Waals surface area contributed by atoms with Crippen molar-refractivity contribution in [3.8, 4) is 11.5 Å². The topological polar surface area (TPSA) is 35.2 Å². The highest BCUT2D eigenvalue weighted by molar-refractivity contribution is 9.10. The van der Waals surface area contributed by atoms with Gasteiger partial charge in [-0.1, -0.05) is 52.1 Å². The van der Waals surface area contributed by atoms with Crippen LogP contribution in [0.2, 0.25) is 10.0 Å². The van der Waals surface area contributed by atoms with Crippen LogP contribution in [-0.2, 0) is 6.42 Å². The lowest BCUT2D eigenvalue weighted by Crippen LogP contribution is -2.21. The molecule has 1 unspecified atom stereocenters. The van der Waals surface area contributed by atoms with E-state index in [-0.39, 0.29) is 6.04 Å². The maximum atomic E-state index is 6.04. The Morgan fingerprint density at radius 1 is 1.14 bits per heavy atom. The van der Waals surface area contributed by atoms with Crippen LogP contribution in [0.5, 0.6) is 11.5 Å². The molecular formula is C16H16BrCl2NO. The van der Waals surface area contributed by atoms with Gasteiger partial charge in [0.2, 0.25) is 0 Å². The van der Waals surface area contributed by atoms with E-state index >= 15 is 0 Å².